The van der Waals surface area contributed by atoms with Crippen molar-refractivity contribution in [2.45, 2.75) is 167 Å². The van der Waals surface area contributed by atoms with E-state index < -0.39 is 76.7 Å². The van der Waals surface area contributed by atoms with Crippen molar-refractivity contribution in [2.75, 3.05) is 26.4 Å². The van der Waals surface area contributed by atoms with E-state index in [1.807, 2.05) is 19.1 Å². The molecule has 0 aromatic rings. The fourth-order valence-corrected chi connectivity index (χ4v) is 6.10. The lowest BCUT2D eigenvalue weighted by Gasteiger charge is -2.20. The maximum atomic E-state index is 12.6. The smallest absolute Gasteiger partial charge is 0.462 e. The SMILES string of the molecule is CC/C=C\C[C@@H](O)/C=C/C=C/C=C\C=C/[C@H](O)[C@@H](O)CCCC(=O)OC[C@H](COP(=O)(O)OC[C@@H](O)CO)OC(=O)CCCCCCCCCCCCC(C)CC. The Kier molecular flexibility index (Phi) is 35.0. The van der Waals surface area contributed by atoms with Gasteiger partial charge in [0.05, 0.1) is 38.1 Å². The van der Waals surface area contributed by atoms with Crippen LogP contribution in [-0.2, 0) is 32.7 Å². The molecule has 6 N–H and O–H groups in total. The highest BCUT2D eigenvalue weighted by molar-refractivity contribution is 7.47. The van der Waals surface area contributed by atoms with Gasteiger partial charge in [0.1, 0.15) is 12.7 Å². The minimum absolute atomic E-state index is 0.0928. The average molecular weight is 831 g/mol. The monoisotopic (exact) mass is 830 g/mol. The summed E-state index contributed by atoms with van der Waals surface area (Å²) in [6.45, 7) is 4.10. The number of ether oxygens (including phenoxy) is 2. The Hall–Kier alpha value is -2.45. The predicted octanol–water partition coefficient (Wildman–Crippen LogP) is 7.49. The molecule has 0 aliphatic rings. The van der Waals surface area contributed by atoms with Crippen LogP contribution in [0.3, 0.4) is 0 Å². The number of hydrogen-bond donors (Lipinski definition) is 6. The van der Waals surface area contributed by atoms with Crippen LogP contribution in [0, 0.1) is 5.92 Å². The third kappa shape index (κ3) is 35.2. The lowest BCUT2D eigenvalue weighted by molar-refractivity contribution is -0.161. The van der Waals surface area contributed by atoms with Crippen molar-refractivity contribution < 1.29 is 63.1 Å². The van der Waals surface area contributed by atoms with Crippen LogP contribution in [0.1, 0.15) is 136 Å². The molecule has 0 aromatic carbocycles. The zero-order chi connectivity index (χ0) is 42.6. The summed E-state index contributed by atoms with van der Waals surface area (Å²) in [5.41, 5.74) is 0. The molecular formula is C43H75O13P. The number of rotatable bonds is 37. The maximum Gasteiger partial charge on any atom is 0.472 e. The van der Waals surface area contributed by atoms with Gasteiger partial charge in [0.2, 0.25) is 0 Å². The molecular weight excluding hydrogens is 755 g/mol. The van der Waals surface area contributed by atoms with E-state index in [4.69, 9.17) is 19.1 Å². The number of unbranched alkanes of at least 4 members (excludes halogenated alkanes) is 9. The summed E-state index contributed by atoms with van der Waals surface area (Å²) in [7, 11) is -4.70. The molecule has 2 unspecified atom stereocenters. The first-order chi connectivity index (χ1) is 27.3. The van der Waals surface area contributed by atoms with E-state index in [9.17, 15) is 39.5 Å². The minimum atomic E-state index is -4.70. The molecule has 0 saturated heterocycles. The second kappa shape index (κ2) is 36.6. The zero-order valence-electron chi connectivity index (χ0n) is 34.8. The van der Waals surface area contributed by atoms with Crippen LogP contribution < -0.4 is 0 Å². The van der Waals surface area contributed by atoms with E-state index >= 15 is 0 Å². The third-order valence-corrected chi connectivity index (χ3v) is 10.0. The highest BCUT2D eigenvalue weighted by Crippen LogP contribution is 2.43. The molecule has 0 radical (unpaired) electrons. The Labute approximate surface area is 342 Å². The Morgan fingerprint density at radius 3 is 1.84 bits per heavy atom. The highest BCUT2D eigenvalue weighted by atomic mass is 31.2. The number of carbonyl (C=O) groups excluding carboxylic acids is 2. The molecule has 0 aliphatic carbocycles. The van der Waals surface area contributed by atoms with Crippen molar-refractivity contribution in [1.82, 2.24) is 0 Å². The van der Waals surface area contributed by atoms with Crippen LogP contribution in [0.25, 0.3) is 0 Å². The van der Waals surface area contributed by atoms with Gasteiger partial charge < -0.3 is 39.9 Å². The highest BCUT2D eigenvalue weighted by Gasteiger charge is 2.27. The summed E-state index contributed by atoms with van der Waals surface area (Å²) in [6.07, 6.45) is 27.1. The van der Waals surface area contributed by atoms with Gasteiger partial charge in [0.15, 0.2) is 6.10 Å². The number of esters is 2. The molecule has 0 aliphatic heterocycles. The van der Waals surface area contributed by atoms with Gasteiger partial charge in [0, 0.05) is 12.8 Å². The van der Waals surface area contributed by atoms with Crippen LogP contribution >= 0.6 is 7.82 Å². The molecule has 0 heterocycles. The first kappa shape index (κ1) is 54.6. The number of phosphoric ester groups is 1. The molecule has 0 saturated carbocycles. The normalized spacial score (nSPS) is 16.7. The minimum Gasteiger partial charge on any atom is -0.462 e. The Morgan fingerprint density at radius 1 is 0.667 bits per heavy atom. The van der Waals surface area contributed by atoms with Crippen molar-refractivity contribution in [1.29, 1.82) is 0 Å². The third-order valence-electron chi connectivity index (χ3n) is 9.07. The Morgan fingerprint density at radius 2 is 1.23 bits per heavy atom. The largest absolute Gasteiger partial charge is 0.472 e. The summed E-state index contributed by atoms with van der Waals surface area (Å²) in [4.78, 5) is 35.0. The second-order valence-corrected chi connectivity index (χ2v) is 15.9. The summed E-state index contributed by atoms with van der Waals surface area (Å²) < 4.78 is 32.4. The number of aliphatic hydroxyl groups is 5. The number of phosphoric acid groups is 1. The molecule has 7 atom stereocenters. The lowest BCUT2D eigenvalue weighted by Crippen LogP contribution is -2.30. The van der Waals surface area contributed by atoms with Crippen molar-refractivity contribution in [3.63, 3.8) is 0 Å². The standard InChI is InChI=1S/C43H75O13P/c1-4-6-19-26-37(45)27-21-16-13-14-17-22-28-40(47)41(48)29-24-31-42(49)53-34-39(35-55-57(51,52)54-33-38(46)32-44)56-43(50)30-23-18-12-10-8-7-9-11-15-20-25-36(3)5-2/h6,13-14,16-17,19,21-22,27-28,36-41,44-48H,4-5,7-12,15,18,20,23-26,29-35H2,1-3H3,(H,51,52)/b16-13+,17-14-,19-6-,27-21+,28-22-/t36?,37-,38+,39-,40+,41+/m1/s1. The first-order valence-corrected chi connectivity index (χ1v) is 22.5. The topological polar surface area (TPSA) is 210 Å². The van der Waals surface area contributed by atoms with Crippen molar-refractivity contribution in [2.24, 2.45) is 5.92 Å². The van der Waals surface area contributed by atoms with Crippen molar-refractivity contribution >= 4 is 19.8 Å². The van der Waals surface area contributed by atoms with Crippen LogP contribution in [0.4, 0.5) is 0 Å². The molecule has 0 fully saturated rings. The number of hydrogen-bond acceptors (Lipinski definition) is 12. The molecule has 0 bridgehead atoms. The molecule has 0 spiro atoms. The molecule has 13 nitrogen and oxygen atoms in total. The predicted molar refractivity (Wildman–Crippen MR) is 223 cm³/mol. The molecule has 0 amide bonds. The molecule has 0 aromatic heterocycles. The number of aliphatic hydroxyl groups excluding tert-OH is 5. The summed E-state index contributed by atoms with van der Waals surface area (Å²) in [5, 5.41) is 48.7. The first-order valence-electron chi connectivity index (χ1n) is 21.0. The van der Waals surface area contributed by atoms with Gasteiger partial charge in [-0.3, -0.25) is 18.6 Å². The van der Waals surface area contributed by atoms with E-state index in [0.29, 0.717) is 12.8 Å². The number of allylic oxidation sites excluding steroid dienone is 7. The van der Waals surface area contributed by atoms with Crippen molar-refractivity contribution in [3.8, 4) is 0 Å². The quantitative estimate of drug-likeness (QED) is 0.0118. The lowest BCUT2D eigenvalue weighted by atomic mass is 9.99. The van der Waals surface area contributed by atoms with E-state index in [2.05, 4.69) is 18.4 Å². The molecule has 14 heteroatoms. The van der Waals surface area contributed by atoms with Gasteiger partial charge in [-0.2, -0.15) is 0 Å². The van der Waals surface area contributed by atoms with Gasteiger partial charge in [-0.05, 0) is 38.0 Å². The second-order valence-electron chi connectivity index (χ2n) is 14.5. The Bertz CT molecular complexity index is 1200. The fourth-order valence-electron chi connectivity index (χ4n) is 5.31. The summed E-state index contributed by atoms with van der Waals surface area (Å²) >= 11 is 0. The van der Waals surface area contributed by atoms with E-state index in [-0.39, 0.29) is 25.7 Å². The number of carbonyl (C=O) groups is 2. The summed E-state index contributed by atoms with van der Waals surface area (Å²) in [5.74, 6) is -0.448. The van der Waals surface area contributed by atoms with E-state index in [0.717, 1.165) is 38.0 Å². The maximum absolute atomic E-state index is 12.6. The van der Waals surface area contributed by atoms with Crippen LogP contribution in [0.5, 0.6) is 0 Å². The van der Waals surface area contributed by atoms with Gasteiger partial charge in [0.25, 0.3) is 0 Å². The van der Waals surface area contributed by atoms with E-state index in [1.165, 1.54) is 51.0 Å². The van der Waals surface area contributed by atoms with Gasteiger partial charge in [-0.15, -0.1) is 0 Å². The van der Waals surface area contributed by atoms with Gasteiger partial charge in [-0.1, -0.05) is 152 Å². The van der Waals surface area contributed by atoms with Crippen molar-refractivity contribution in [3.05, 3.63) is 60.8 Å². The Balaban J connectivity index is 4.67. The van der Waals surface area contributed by atoms with E-state index in [1.54, 1.807) is 42.5 Å². The van der Waals surface area contributed by atoms with Gasteiger partial charge >= 0.3 is 19.8 Å². The molecule has 0 rings (SSSR count). The summed E-state index contributed by atoms with van der Waals surface area (Å²) in [6, 6.07) is 0. The van der Waals surface area contributed by atoms with Crippen LogP contribution in [0.15, 0.2) is 60.8 Å². The zero-order valence-corrected chi connectivity index (χ0v) is 35.7. The van der Waals surface area contributed by atoms with Gasteiger partial charge in [-0.25, -0.2) is 4.57 Å². The molecule has 330 valence electrons. The molecule has 57 heavy (non-hydrogen) atoms. The van der Waals surface area contributed by atoms with Crippen LogP contribution in [-0.4, -0.2) is 99.3 Å². The fraction of sp³-hybridized carbons (Fsp3) is 0.721. The average Bonchev–Trinajstić information content (AvgIpc) is 3.19. The van der Waals surface area contributed by atoms with Crippen LogP contribution in [0.2, 0.25) is 0 Å².